The highest BCUT2D eigenvalue weighted by atomic mass is 16.5. The van der Waals surface area contributed by atoms with Crippen LogP contribution in [0.4, 0.5) is 0 Å². The number of ether oxygens (including phenoxy) is 1. The Morgan fingerprint density at radius 2 is 1.64 bits per heavy atom. The van der Waals surface area contributed by atoms with Gasteiger partial charge in [-0.1, -0.05) is 63.2 Å². The van der Waals surface area contributed by atoms with Gasteiger partial charge in [0.15, 0.2) is 6.10 Å². The van der Waals surface area contributed by atoms with Crippen LogP contribution < -0.4 is 5.63 Å². The number of benzene rings is 2. The van der Waals surface area contributed by atoms with Gasteiger partial charge in [-0.25, -0.2) is 9.59 Å². The molecule has 0 radical (unpaired) electrons. The van der Waals surface area contributed by atoms with Crippen LogP contribution in [0.25, 0.3) is 11.0 Å². The van der Waals surface area contributed by atoms with E-state index in [1.165, 1.54) is 13.0 Å². The molecule has 1 heterocycles. The quantitative estimate of drug-likeness (QED) is 0.379. The van der Waals surface area contributed by atoms with Crippen LogP contribution in [-0.2, 0) is 10.2 Å². The van der Waals surface area contributed by atoms with Crippen molar-refractivity contribution in [2.45, 2.75) is 39.2 Å². The van der Waals surface area contributed by atoms with Crippen LogP contribution in [0.15, 0.2) is 63.8 Å². The van der Waals surface area contributed by atoms with Crippen molar-refractivity contribution >= 4 is 22.7 Å². The molecule has 5 heteroatoms. The van der Waals surface area contributed by atoms with Crippen molar-refractivity contribution < 1.29 is 18.7 Å². The van der Waals surface area contributed by atoms with Gasteiger partial charge in [-0.15, -0.1) is 0 Å². The lowest BCUT2D eigenvalue weighted by Crippen LogP contribution is -2.27. The fraction of sp³-hybridized carbons (Fsp3) is 0.261. The summed E-state index contributed by atoms with van der Waals surface area (Å²) < 4.78 is 10.4. The minimum absolute atomic E-state index is 0.0240. The maximum Gasteiger partial charge on any atom is 0.351 e. The second-order valence-electron chi connectivity index (χ2n) is 7.72. The number of ketones is 1. The Morgan fingerprint density at radius 3 is 2.29 bits per heavy atom. The molecular formula is C23H22O5. The first kappa shape index (κ1) is 19.5. The van der Waals surface area contributed by atoms with E-state index in [4.69, 9.17) is 9.15 Å². The van der Waals surface area contributed by atoms with Crippen LogP contribution >= 0.6 is 0 Å². The number of esters is 1. The molecule has 0 aliphatic rings. The first-order chi connectivity index (χ1) is 13.2. The van der Waals surface area contributed by atoms with Crippen LogP contribution in [0, 0.1) is 0 Å². The van der Waals surface area contributed by atoms with Crippen molar-refractivity contribution in [1.29, 1.82) is 0 Å². The summed E-state index contributed by atoms with van der Waals surface area (Å²) in [6.45, 7) is 7.75. The summed E-state index contributed by atoms with van der Waals surface area (Å²) in [7, 11) is 0. The van der Waals surface area contributed by atoms with Crippen molar-refractivity contribution in [2.24, 2.45) is 0 Å². The molecule has 144 valence electrons. The third kappa shape index (κ3) is 4.03. The molecule has 0 aliphatic carbocycles. The van der Waals surface area contributed by atoms with E-state index in [9.17, 15) is 14.4 Å². The normalized spacial score (nSPS) is 12.6. The van der Waals surface area contributed by atoms with Gasteiger partial charge in [-0.05, 0) is 30.0 Å². The molecule has 0 spiro atoms. The first-order valence-corrected chi connectivity index (χ1v) is 9.05. The molecule has 0 saturated heterocycles. The van der Waals surface area contributed by atoms with Gasteiger partial charge in [0.2, 0.25) is 5.78 Å². The van der Waals surface area contributed by atoms with Crippen LogP contribution in [0.2, 0.25) is 0 Å². The molecule has 5 nitrogen and oxygen atoms in total. The summed E-state index contributed by atoms with van der Waals surface area (Å²) in [4.78, 5) is 37.1. The second kappa shape index (κ2) is 7.43. The standard InChI is InChI=1S/C23H22O5/c1-14(20(24)15-9-11-17(12-10-15)23(2,3)4)27-21(25)18-13-16-7-5-6-8-19(16)28-22(18)26/h5-14H,1-4H3/t14-/m1/s1. The molecule has 1 aromatic heterocycles. The summed E-state index contributed by atoms with van der Waals surface area (Å²) in [5.41, 5.74) is 0.872. The molecule has 0 fully saturated rings. The van der Waals surface area contributed by atoms with Crippen molar-refractivity contribution in [3.05, 3.63) is 81.7 Å². The van der Waals surface area contributed by atoms with E-state index in [0.29, 0.717) is 16.5 Å². The maximum absolute atomic E-state index is 12.6. The Balaban J connectivity index is 1.78. The summed E-state index contributed by atoms with van der Waals surface area (Å²) in [5.74, 6) is -1.22. The molecule has 0 N–H and O–H groups in total. The second-order valence-corrected chi connectivity index (χ2v) is 7.72. The van der Waals surface area contributed by atoms with Crippen molar-refractivity contribution in [3.8, 4) is 0 Å². The van der Waals surface area contributed by atoms with E-state index in [1.54, 1.807) is 36.4 Å². The number of rotatable bonds is 4. The molecule has 0 bridgehead atoms. The zero-order valence-corrected chi connectivity index (χ0v) is 16.3. The van der Waals surface area contributed by atoms with E-state index < -0.39 is 17.7 Å². The highest BCUT2D eigenvalue weighted by molar-refractivity contribution is 6.01. The highest BCUT2D eigenvalue weighted by Crippen LogP contribution is 2.23. The summed E-state index contributed by atoms with van der Waals surface area (Å²) in [5, 5.41) is 0.603. The Morgan fingerprint density at radius 1 is 1.00 bits per heavy atom. The summed E-state index contributed by atoms with van der Waals surface area (Å²) in [6.07, 6.45) is -1.03. The lowest BCUT2D eigenvalue weighted by atomic mass is 9.86. The van der Waals surface area contributed by atoms with E-state index in [1.807, 2.05) is 12.1 Å². The summed E-state index contributed by atoms with van der Waals surface area (Å²) in [6, 6.07) is 15.5. The molecule has 2 aromatic carbocycles. The first-order valence-electron chi connectivity index (χ1n) is 9.05. The van der Waals surface area contributed by atoms with Gasteiger partial charge in [-0.2, -0.15) is 0 Å². The topological polar surface area (TPSA) is 73.6 Å². The SMILES string of the molecule is C[C@@H](OC(=O)c1cc2ccccc2oc1=O)C(=O)c1ccc(C(C)(C)C)cc1. The third-order valence-corrected chi connectivity index (χ3v) is 4.55. The van der Waals surface area contributed by atoms with Crippen LogP contribution in [0.5, 0.6) is 0 Å². The number of carbonyl (C=O) groups is 2. The number of fused-ring (bicyclic) bond motifs is 1. The van der Waals surface area contributed by atoms with Gasteiger partial charge in [0.05, 0.1) is 0 Å². The van der Waals surface area contributed by atoms with Crippen molar-refractivity contribution in [2.75, 3.05) is 0 Å². The van der Waals surface area contributed by atoms with Crippen LogP contribution in [-0.4, -0.2) is 17.9 Å². The molecule has 3 rings (SSSR count). The maximum atomic E-state index is 12.6. The predicted molar refractivity (Wildman–Crippen MR) is 107 cm³/mol. The third-order valence-electron chi connectivity index (χ3n) is 4.55. The Labute approximate surface area is 162 Å². The lowest BCUT2D eigenvalue weighted by molar-refractivity contribution is 0.0315. The number of carbonyl (C=O) groups excluding carboxylic acids is 2. The molecule has 28 heavy (non-hydrogen) atoms. The number of hydrogen-bond acceptors (Lipinski definition) is 5. The van der Waals surface area contributed by atoms with Gasteiger partial charge >= 0.3 is 11.6 Å². The summed E-state index contributed by atoms with van der Waals surface area (Å²) >= 11 is 0. The number of hydrogen-bond donors (Lipinski definition) is 0. The predicted octanol–water partition coefficient (Wildman–Crippen LogP) is 4.52. The molecule has 3 aromatic rings. The number of para-hydroxylation sites is 1. The van der Waals surface area contributed by atoms with Crippen LogP contribution in [0.3, 0.4) is 0 Å². The van der Waals surface area contributed by atoms with Crippen molar-refractivity contribution in [1.82, 2.24) is 0 Å². The Hall–Kier alpha value is -3.21. The molecular weight excluding hydrogens is 356 g/mol. The van der Waals surface area contributed by atoms with E-state index in [2.05, 4.69) is 20.8 Å². The average Bonchev–Trinajstić information content (AvgIpc) is 2.66. The molecule has 1 atom stereocenters. The van der Waals surface area contributed by atoms with Gasteiger partial charge in [0.1, 0.15) is 11.1 Å². The molecule has 0 saturated carbocycles. The smallest absolute Gasteiger partial charge is 0.351 e. The zero-order valence-electron chi connectivity index (χ0n) is 16.3. The van der Waals surface area contributed by atoms with Gasteiger partial charge in [-0.3, -0.25) is 4.79 Å². The zero-order chi connectivity index (χ0) is 20.5. The highest BCUT2D eigenvalue weighted by Gasteiger charge is 2.23. The Kier molecular flexibility index (Phi) is 5.18. The van der Waals surface area contributed by atoms with E-state index in [-0.39, 0.29) is 16.8 Å². The van der Waals surface area contributed by atoms with Crippen LogP contribution in [0.1, 0.15) is 54.0 Å². The van der Waals surface area contributed by atoms with Gasteiger partial charge in [0.25, 0.3) is 0 Å². The molecule has 0 amide bonds. The number of Topliss-reactive ketones (excluding diaryl/α,β-unsaturated/α-hetero) is 1. The lowest BCUT2D eigenvalue weighted by Gasteiger charge is -2.19. The Bertz CT molecular complexity index is 1080. The van der Waals surface area contributed by atoms with Crippen molar-refractivity contribution in [3.63, 3.8) is 0 Å². The average molecular weight is 378 g/mol. The van der Waals surface area contributed by atoms with E-state index >= 15 is 0 Å². The van der Waals surface area contributed by atoms with Gasteiger partial charge < -0.3 is 9.15 Å². The monoisotopic (exact) mass is 378 g/mol. The largest absolute Gasteiger partial charge is 0.450 e. The van der Waals surface area contributed by atoms with Gasteiger partial charge in [0, 0.05) is 10.9 Å². The minimum atomic E-state index is -1.03. The molecule has 0 unspecified atom stereocenters. The minimum Gasteiger partial charge on any atom is -0.450 e. The fourth-order valence-corrected chi connectivity index (χ4v) is 2.85. The fourth-order valence-electron chi connectivity index (χ4n) is 2.85. The van der Waals surface area contributed by atoms with E-state index in [0.717, 1.165) is 5.56 Å². The molecule has 0 aliphatic heterocycles.